The number of para-hydroxylation sites is 2. The van der Waals surface area contributed by atoms with E-state index in [-0.39, 0.29) is 18.0 Å². The van der Waals surface area contributed by atoms with Gasteiger partial charge in [-0.1, -0.05) is 36.4 Å². The van der Waals surface area contributed by atoms with Crippen LogP contribution in [0, 0.1) is 0 Å². The van der Waals surface area contributed by atoms with Crippen LogP contribution in [0.15, 0.2) is 66.7 Å². The van der Waals surface area contributed by atoms with Gasteiger partial charge in [0.15, 0.2) is 11.5 Å². The standard InChI is InChI=1S/C31H32N4O4/c1-33-24-10-6-5-9-23(24)31(37)35-16-14-22-21-8-4-7-11-25(21)34(29(22)30(33)35)17-15-28(36)32-19-20-12-13-26(38-2)27(18-20)39-3/h4-13,18,30H,14-17,19H2,1-3H3,(H,32,36)/t30-/m1/s1. The third-order valence-corrected chi connectivity index (χ3v) is 7.90. The van der Waals surface area contributed by atoms with Crippen molar-refractivity contribution in [3.05, 3.63) is 89.1 Å². The predicted molar refractivity (Wildman–Crippen MR) is 150 cm³/mol. The minimum atomic E-state index is -0.224. The number of methoxy groups -OCH3 is 2. The fraction of sp³-hybridized carbons (Fsp3) is 0.290. The molecule has 0 fully saturated rings. The van der Waals surface area contributed by atoms with Gasteiger partial charge in [0.25, 0.3) is 5.91 Å². The Kier molecular flexibility index (Phi) is 6.38. The van der Waals surface area contributed by atoms with Crippen molar-refractivity contribution in [3.63, 3.8) is 0 Å². The van der Waals surface area contributed by atoms with Crippen LogP contribution in [-0.4, -0.2) is 49.1 Å². The Morgan fingerprint density at radius 2 is 1.77 bits per heavy atom. The minimum Gasteiger partial charge on any atom is -0.493 e. The number of anilines is 1. The summed E-state index contributed by atoms with van der Waals surface area (Å²) in [5.41, 5.74) is 6.05. The Morgan fingerprint density at radius 3 is 2.59 bits per heavy atom. The van der Waals surface area contributed by atoms with Crippen LogP contribution >= 0.6 is 0 Å². The Morgan fingerprint density at radius 1 is 1.00 bits per heavy atom. The summed E-state index contributed by atoms with van der Waals surface area (Å²) in [7, 11) is 5.25. The van der Waals surface area contributed by atoms with Crippen molar-refractivity contribution in [2.45, 2.75) is 32.1 Å². The monoisotopic (exact) mass is 524 g/mol. The van der Waals surface area contributed by atoms with Crippen molar-refractivity contribution in [1.29, 1.82) is 0 Å². The lowest BCUT2D eigenvalue weighted by atomic mass is 9.96. The highest BCUT2D eigenvalue weighted by atomic mass is 16.5. The fourth-order valence-electron chi connectivity index (χ4n) is 6.04. The first-order valence-corrected chi connectivity index (χ1v) is 13.2. The van der Waals surface area contributed by atoms with E-state index < -0.39 is 0 Å². The summed E-state index contributed by atoms with van der Waals surface area (Å²) in [6.07, 6.45) is 0.879. The Labute approximate surface area is 227 Å². The predicted octanol–water partition coefficient (Wildman–Crippen LogP) is 4.51. The van der Waals surface area contributed by atoms with Crippen molar-refractivity contribution in [2.75, 3.05) is 32.7 Å². The molecule has 2 aliphatic heterocycles. The van der Waals surface area contributed by atoms with Gasteiger partial charge in [-0.2, -0.15) is 0 Å². The van der Waals surface area contributed by atoms with Gasteiger partial charge in [0.2, 0.25) is 5.91 Å². The normalized spacial score (nSPS) is 16.0. The number of nitrogens with zero attached hydrogens (tertiary/aromatic N) is 3. The van der Waals surface area contributed by atoms with Gasteiger partial charge in [-0.05, 0) is 47.9 Å². The molecule has 6 rings (SSSR count). The second kappa shape index (κ2) is 10.0. The number of aromatic nitrogens is 1. The summed E-state index contributed by atoms with van der Waals surface area (Å²) in [6.45, 7) is 1.57. The number of amides is 2. The topological polar surface area (TPSA) is 76.0 Å². The van der Waals surface area contributed by atoms with Gasteiger partial charge in [-0.25, -0.2) is 0 Å². The molecule has 8 heteroatoms. The Balaban J connectivity index is 1.27. The smallest absolute Gasteiger partial charge is 0.257 e. The molecule has 1 atom stereocenters. The van der Waals surface area contributed by atoms with Crippen molar-refractivity contribution in [1.82, 2.24) is 14.8 Å². The van der Waals surface area contributed by atoms with Crippen molar-refractivity contribution >= 4 is 28.4 Å². The summed E-state index contributed by atoms with van der Waals surface area (Å²) < 4.78 is 12.9. The lowest BCUT2D eigenvalue weighted by molar-refractivity contribution is -0.121. The molecule has 1 aromatic heterocycles. The number of carbonyl (C=O) groups excluding carboxylic acids is 2. The number of hydrogen-bond acceptors (Lipinski definition) is 5. The van der Waals surface area contributed by atoms with Crippen LogP contribution in [0.1, 0.15) is 39.8 Å². The molecule has 39 heavy (non-hydrogen) atoms. The average Bonchev–Trinajstić information content (AvgIpc) is 3.30. The molecule has 200 valence electrons. The van der Waals surface area contributed by atoms with Crippen LogP contribution in [0.2, 0.25) is 0 Å². The summed E-state index contributed by atoms with van der Waals surface area (Å²) in [5, 5.41) is 4.23. The summed E-state index contributed by atoms with van der Waals surface area (Å²) in [5.74, 6) is 1.30. The van der Waals surface area contributed by atoms with Crippen LogP contribution in [0.25, 0.3) is 10.9 Å². The lowest BCUT2D eigenvalue weighted by Crippen LogP contribution is -2.51. The maximum absolute atomic E-state index is 13.5. The molecule has 8 nitrogen and oxygen atoms in total. The zero-order valence-corrected chi connectivity index (χ0v) is 22.4. The van der Waals surface area contributed by atoms with Crippen molar-refractivity contribution in [3.8, 4) is 11.5 Å². The molecule has 0 saturated heterocycles. The molecule has 4 aromatic rings. The summed E-state index contributed by atoms with van der Waals surface area (Å²) in [4.78, 5) is 30.7. The third kappa shape index (κ3) is 4.16. The average molecular weight is 525 g/mol. The van der Waals surface area contributed by atoms with E-state index in [1.165, 1.54) is 10.9 Å². The Hall–Kier alpha value is -4.46. The van der Waals surface area contributed by atoms with E-state index in [4.69, 9.17) is 9.47 Å². The Bertz CT molecular complexity index is 1580. The second-order valence-corrected chi connectivity index (χ2v) is 10.00. The van der Waals surface area contributed by atoms with Crippen LogP contribution in [0.3, 0.4) is 0 Å². The first kappa shape index (κ1) is 24.9. The number of ether oxygens (including phenoxy) is 2. The molecule has 3 aromatic carbocycles. The van der Waals surface area contributed by atoms with Crippen LogP contribution in [0.4, 0.5) is 5.69 Å². The maximum atomic E-state index is 13.5. The highest BCUT2D eigenvalue weighted by Gasteiger charge is 2.42. The minimum absolute atomic E-state index is 0.0394. The highest BCUT2D eigenvalue weighted by molar-refractivity contribution is 6.02. The molecular formula is C31H32N4O4. The molecule has 3 heterocycles. The quantitative estimate of drug-likeness (QED) is 0.385. The highest BCUT2D eigenvalue weighted by Crippen LogP contribution is 2.44. The molecule has 2 amide bonds. The van der Waals surface area contributed by atoms with Gasteiger partial charge in [-0.3, -0.25) is 9.59 Å². The zero-order valence-electron chi connectivity index (χ0n) is 22.4. The van der Waals surface area contributed by atoms with E-state index in [1.54, 1.807) is 14.2 Å². The first-order chi connectivity index (χ1) is 19.0. The molecule has 0 spiro atoms. The number of rotatable bonds is 7. The zero-order chi connectivity index (χ0) is 27.1. The molecular weight excluding hydrogens is 492 g/mol. The number of carbonyl (C=O) groups is 2. The van der Waals surface area contributed by atoms with E-state index >= 15 is 0 Å². The van der Waals surface area contributed by atoms with E-state index in [2.05, 4.69) is 40.0 Å². The molecule has 2 aliphatic rings. The van der Waals surface area contributed by atoms with Gasteiger partial charge in [-0.15, -0.1) is 0 Å². The molecule has 1 N–H and O–H groups in total. The first-order valence-electron chi connectivity index (χ1n) is 13.2. The van der Waals surface area contributed by atoms with Crippen LogP contribution < -0.4 is 19.7 Å². The summed E-state index contributed by atoms with van der Waals surface area (Å²) in [6, 6.07) is 21.8. The maximum Gasteiger partial charge on any atom is 0.257 e. The SMILES string of the molecule is COc1ccc(CNC(=O)CCn2c3c(c4ccccc42)CCN2C(=O)c4ccccc4N(C)[C@@H]32)cc1OC. The molecule has 0 saturated carbocycles. The molecule has 0 aliphatic carbocycles. The van der Waals surface area contributed by atoms with Crippen LogP contribution in [-0.2, 0) is 24.3 Å². The largest absolute Gasteiger partial charge is 0.493 e. The van der Waals surface area contributed by atoms with E-state index in [0.717, 1.165) is 34.4 Å². The van der Waals surface area contributed by atoms with E-state index in [1.807, 2.05) is 53.4 Å². The van der Waals surface area contributed by atoms with Crippen molar-refractivity contribution in [2.24, 2.45) is 0 Å². The number of benzene rings is 3. The van der Waals surface area contributed by atoms with E-state index in [0.29, 0.717) is 37.6 Å². The van der Waals surface area contributed by atoms with Gasteiger partial charge in [0, 0.05) is 44.0 Å². The fourth-order valence-corrected chi connectivity index (χ4v) is 6.04. The number of aryl methyl sites for hydroxylation is 1. The van der Waals surface area contributed by atoms with E-state index in [9.17, 15) is 9.59 Å². The third-order valence-electron chi connectivity index (χ3n) is 7.90. The van der Waals surface area contributed by atoms with Gasteiger partial charge in [0.05, 0.1) is 31.2 Å². The van der Waals surface area contributed by atoms with Gasteiger partial charge in [0.1, 0.15) is 6.17 Å². The van der Waals surface area contributed by atoms with Crippen LogP contribution in [0.5, 0.6) is 11.5 Å². The molecule has 0 unspecified atom stereocenters. The summed E-state index contributed by atoms with van der Waals surface area (Å²) >= 11 is 0. The second-order valence-electron chi connectivity index (χ2n) is 10.00. The number of fused-ring (bicyclic) bond motifs is 6. The van der Waals surface area contributed by atoms with Gasteiger partial charge >= 0.3 is 0 Å². The van der Waals surface area contributed by atoms with Crippen molar-refractivity contribution < 1.29 is 19.1 Å². The number of nitrogens with one attached hydrogen (secondary N) is 1. The molecule has 0 radical (unpaired) electrons. The van der Waals surface area contributed by atoms with Gasteiger partial charge < -0.3 is 29.2 Å². The lowest BCUT2D eigenvalue weighted by Gasteiger charge is -2.46. The number of hydrogen-bond donors (Lipinski definition) is 1. The molecule has 0 bridgehead atoms.